The molecule has 0 heterocycles. The van der Waals surface area contributed by atoms with Crippen molar-refractivity contribution >= 4 is 0 Å². The van der Waals surface area contributed by atoms with Gasteiger partial charge < -0.3 is 4.74 Å². The molecule has 0 unspecified atom stereocenters. The molecule has 51 valence electrons. The molecule has 0 atom stereocenters. The zero-order chi connectivity index (χ0) is 6.95. The average Bonchev–Trinajstić information content (AvgIpc) is 1.89. The minimum absolute atomic E-state index is 0.518. The van der Waals surface area contributed by atoms with Crippen LogP contribution in [0.15, 0.2) is 0 Å². The van der Waals surface area contributed by atoms with Crippen molar-refractivity contribution in [3.63, 3.8) is 0 Å². The molecule has 0 bridgehead atoms. The molecule has 3 nitrogen and oxygen atoms in total. The largest absolute Gasteiger partial charge is 0.383 e. The molecule has 9 heavy (non-hydrogen) atoms. The first-order valence-corrected chi connectivity index (χ1v) is 2.91. The Bertz CT molecular complexity index is 87.5. The second-order valence-corrected chi connectivity index (χ2v) is 1.57. The van der Waals surface area contributed by atoms with Crippen LogP contribution < -0.4 is 5.32 Å². The Morgan fingerprint density at radius 2 is 2.33 bits per heavy atom. The van der Waals surface area contributed by atoms with Crippen LogP contribution in [0.2, 0.25) is 0 Å². The van der Waals surface area contributed by atoms with Crippen molar-refractivity contribution in [2.75, 3.05) is 26.8 Å². The number of methoxy groups -OCH3 is 1. The quantitative estimate of drug-likeness (QED) is 0.493. The number of rotatable bonds is 5. The molecule has 1 radical (unpaired) electrons. The first-order valence-electron chi connectivity index (χ1n) is 2.91. The molecular formula is C6H11N2O. The van der Waals surface area contributed by atoms with Gasteiger partial charge in [-0.25, -0.2) is 5.32 Å². The summed E-state index contributed by atoms with van der Waals surface area (Å²) in [5, 5.41) is 12.1. The summed E-state index contributed by atoms with van der Waals surface area (Å²) in [6, 6.07) is 2.01. The highest BCUT2D eigenvalue weighted by Crippen LogP contribution is 1.72. The molecule has 0 aromatic rings. The van der Waals surface area contributed by atoms with E-state index in [1.54, 1.807) is 7.11 Å². The summed E-state index contributed by atoms with van der Waals surface area (Å²) in [4.78, 5) is 0. The first kappa shape index (κ1) is 8.41. The van der Waals surface area contributed by atoms with Gasteiger partial charge in [0.1, 0.15) is 0 Å². The Kier molecular flexibility index (Phi) is 6.92. The van der Waals surface area contributed by atoms with Crippen LogP contribution in [0.1, 0.15) is 6.42 Å². The standard InChI is InChI=1S/C6H11N2O/c1-9-6-5-8-4-2-3-7/h2,4-6H2,1H3. The monoisotopic (exact) mass is 127 g/mol. The van der Waals surface area contributed by atoms with Gasteiger partial charge in [-0.1, -0.05) is 0 Å². The summed E-state index contributed by atoms with van der Waals surface area (Å²) < 4.78 is 4.75. The highest BCUT2D eigenvalue weighted by Gasteiger charge is 1.85. The van der Waals surface area contributed by atoms with Crippen molar-refractivity contribution in [1.29, 1.82) is 5.26 Å². The van der Waals surface area contributed by atoms with Crippen LogP contribution >= 0.6 is 0 Å². The van der Waals surface area contributed by atoms with Crippen LogP contribution in [0.3, 0.4) is 0 Å². The lowest BCUT2D eigenvalue weighted by molar-refractivity contribution is 0.199. The smallest absolute Gasteiger partial charge is 0.0635 e. The van der Waals surface area contributed by atoms with Crippen LogP contribution in [0.25, 0.3) is 0 Å². The van der Waals surface area contributed by atoms with E-state index in [1.165, 1.54) is 0 Å². The predicted octanol–water partition coefficient (Wildman–Crippen LogP) is 0.151. The van der Waals surface area contributed by atoms with E-state index in [0.29, 0.717) is 26.1 Å². The maximum absolute atomic E-state index is 8.08. The average molecular weight is 127 g/mol. The zero-order valence-corrected chi connectivity index (χ0v) is 5.63. The van der Waals surface area contributed by atoms with E-state index in [4.69, 9.17) is 10.00 Å². The lowest BCUT2D eigenvalue weighted by atomic mass is 10.4. The molecule has 3 heteroatoms. The molecule has 0 aliphatic rings. The van der Waals surface area contributed by atoms with Crippen LogP contribution in [-0.2, 0) is 4.74 Å². The lowest BCUT2D eigenvalue weighted by Gasteiger charge is -1.95. The second kappa shape index (κ2) is 7.41. The van der Waals surface area contributed by atoms with Gasteiger partial charge in [-0.3, -0.25) is 0 Å². The molecule has 0 fully saturated rings. The van der Waals surface area contributed by atoms with Crippen LogP contribution in [0, 0.1) is 11.3 Å². The molecule has 0 N–H and O–H groups in total. The molecule has 0 aliphatic heterocycles. The van der Waals surface area contributed by atoms with Crippen molar-refractivity contribution < 1.29 is 4.74 Å². The lowest BCUT2D eigenvalue weighted by Crippen LogP contribution is -2.12. The van der Waals surface area contributed by atoms with Gasteiger partial charge in [0, 0.05) is 26.6 Å². The van der Waals surface area contributed by atoms with E-state index in [-0.39, 0.29) is 0 Å². The maximum Gasteiger partial charge on any atom is 0.0635 e. The number of nitriles is 1. The molecular weight excluding hydrogens is 116 g/mol. The zero-order valence-electron chi connectivity index (χ0n) is 5.63. The summed E-state index contributed by atoms with van der Waals surface area (Å²) in [6.07, 6.45) is 0.518. The van der Waals surface area contributed by atoms with Gasteiger partial charge in [0.2, 0.25) is 0 Å². The molecule has 0 aromatic carbocycles. The number of hydrogen-bond acceptors (Lipinski definition) is 2. The summed E-state index contributed by atoms with van der Waals surface area (Å²) in [5.41, 5.74) is 0. The second-order valence-electron chi connectivity index (χ2n) is 1.57. The fourth-order valence-corrected chi connectivity index (χ4v) is 0.397. The Morgan fingerprint density at radius 3 is 2.89 bits per heavy atom. The predicted molar refractivity (Wildman–Crippen MR) is 34.0 cm³/mol. The Labute approximate surface area is 55.6 Å². The third kappa shape index (κ3) is 7.41. The van der Waals surface area contributed by atoms with E-state index in [1.807, 2.05) is 6.07 Å². The minimum Gasteiger partial charge on any atom is -0.383 e. The Morgan fingerprint density at radius 1 is 1.56 bits per heavy atom. The van der Waals surface area contributed by atoms with Gasteiger partial charge in [0.15, 0.2) is 0 Å². The fourth-order valence-electron chi connectivity index (χ4n) is 0.397. The van der Waals surface area contributed by atoms with Crippen molar-refractivity contribution in [2.45, 2.75) is 6.42 Å². The third-order valence-corrected chi connectivity index (χ3v) is 0.835. The van der Waals surface area contributed by atoms with Gasteiger partial charge >= 0.3 is 0 Å². The van der Waals surface area contributed by atoms with Crippen molar-refractivity contribution in [3.8, 4) is 6.07 Å². The summed E-state index contributed by atoms with van der Waals surface area (Å²) in [5.74, 6) is 0. The van der Waals surface area contributed by atoms with Crippen molar-refractivity contribution in [3.05, 3.63) is 0 Å². The van der Waals surface area contributed by atoms with Crippen LogP contribution in [-0.4, -0.2) is 26.8 Å². The molecule has 0 aromatic heterocycles. The van der Waals surface area contributed by atoms with Gasteiger partial charge in [-0.15, -0.1) is 0 Å². The highest BCUT2D eigenvalue weighted by atomic mass is 16.5. The third-order valence-electron chi connectivity index (χ3n) is 0.835. The van der Waals surface area contributed by atoms with Gasteiger partial charge in [0.05, 0.1) is 12.7 Å². The van der Waals surface area contributed by atoms with E-state index >= 15 is 0 Å². The van der Waals surface area contributed by atoms with E-state index in [2.05, 4.69) is 5.32 Å². The normalized spacial score (nSPS) is 8.89. The fraction of sp³-hybridized carbons (Fsp3) is 0.833. The van der Waals surface area contributed by atoms with E-state index < -0.39 is 0 Å². The molecule has 0 amide bonds. The Hall–Kier alpha value is -0.590. The minimum atomic E-state index is 0.518. The summed E-state index contributed by atoms with van der Waals surface area (Å²) in [7, 11) is 1.64. The highest BCUT2D eigenvalue weighted by molar-refractivity contribution is 4.69. The molecule has 0 aliphatic carbocycles. The number of ether oxygens (including phenoxy) is 1. The maximum atomic E-state index is 8.08. The molecule has 0 saturated heterocycles. The number of nitrogens with zero attached hydrogens (tertiary/aromatic N) is 2. The number of hydrogen-bond donors (Lipinski definition) is 0. The van der Waals surface area contributed by atoms with E-state index in [9.17, 15) is 0 Å². The Balaban J connectivity index is 2.69. The van der Waals surface area contributed by atoms with Crippen LogP contribution in [0.4, 0.5) is 0 Å². The van der Waals surface area contributed by atoms with E-state index in [0.717, 1.165) is 0 Å². The first-order chi connectivity index (χ1) is 4.41. The van der Waals surface area contributed by atoms with Gasteiger partial charge in [0.25, 0.3) is 0 Å². The molecule has 0 saturated carbocycles. The van der Waals surface area contributed by atoms with Gasteiger partial charge in [-0.2, -0.15) is 5.26 Å². The topological polar surface area (TPSA) is 47.1 Å². The summed E-state index contributed by atoms with van der Waals surface area (Å²) >= 11 is 0. The van der Waals surface area contributed by atoms with Crippen LogP contribution in [0.5, 0.6) is 0 Å². The molecule has 0 spiro atoms. The van der Waals surface area contributed by atoms with Crippen molar-refractivity contribution in [1.82, 2.24) is 5.32 Å². The molecule has 0 rings (SSSR count). The van der Waals surface area contributed by atoms with Gasteiger partial charge in [-0.05, 0) is 0 Å². The SMILES string of the molecule is COCC[N]CCC#N. The van der Waals surface area contributed by atoms with Crippen molar-refractivity contribution in [2.24, 2.45) is 0 Å². The summed E-state index contributed by atoms with van der Waals surface area (Å²) in [6.45, 7) is 2.00.